The summed E-state index contributed by atoms with van der Waals surface area (Å²) in [4.78, 5) is 33.0. The van der Waals surface area contributed by atoms with Crippen LogP contribution in [0.4, 0.5) is 5.13 Å². The van der Waals surface area contributed by atoms with Gasteiger partial charge in [0, 0.05) is 5.56 Å². The Hall–Kier alpha value is -4.23. The van der Waals surface area contributed by atoms with Crippen molar-refractivity contribution in [3.63, 3.8) is 0 Å². The minimum absolute atomic E-state index is 0.0132. The molecule has 0 radical (unpaired) electrons. The molecule has 1 aliphatic rings. The lowest BCUT2D eigenvalue weighted by molar-refractivity contribution is -0.132. The highest BCUT2D eigenvalue weighted by Gasteiger charge is 2.48. The zero-order chi connectivity index (χ0) is 25.4. The summed E-state index contributed by atoms with van der Waals surface area (Å²) in [6.07, 6.45) is 1.64. The van der Waals surface area contributed by atoms with Crippen LogP contribution < -0.4 is 9.64 Å². The van der Waals surface area contributed by atoms with Crippen molar-refractivity contribution in [3.05, 3.63) is 107 Å². The molecule has 5 rings (SSSR count). The number of rotatable bonds is 6. The van der Waals surface area contributed by atoms with Crippen LogP contribution >= 0.6 is 11.3 Å². The van der Waals surface area contributed by atoms with Crippen LogP contribution in [0.1, 0.15) is 28.3 Å². The lowest BCUT2D eigenvalue weighted by Crippen LogP contribution is -2.29. The van der Waals surface area contributed by atoms with Crippen molar-refractivity contribution in [2.24, 2.45) is 0 Å². The Bertz CT molecular complexity index is 1540. The van der Waals surface area contributed by atoms with Gasteiger partial charge in [-0.2, -0.15) is 0 Å². The van der Waals surface area contributed by atoms with E-state index in [1.807, 2.05) is 38.1 Å². The van der Waals surface area contributed by atoms with Crippen molar-refractivity contribution >= 4 is 44.1 Å². The first-order valence-corrected chi connectivity index (χ1v) is 12.3. The van der Waals surface area contributed by atoms with E-state index in [1.54, 1.807) is 48.5 Å². The molecule has 1 atom stereocenters. The second-order valence-electron chi connectivity index (χ2n) is 8.63. The number of carbonyl (C=O) groups is 2. The summed E-state index contributed by atoms with van der Waals surface area (Å²) in [5.74, 6) is -1.16. The highest BCUT2D eigenvalue weighted by atomic mass is 32.1. The van der Waals surface area contributed by atoms with Gasteiger partial charge in [-0.05, 0) is 48.7 Å². The quantitative estimate of drug-likeness (QED) is 0.151. The number of thiazole rings is 1. The Morgan fingerprint density at radius 1 is 1.11 bits per heavy atom. The molecule has 2 heterocycles. The van der Waals surface area contributed by atoms with E-state index < -0.39 is 17.7 Å². The number of aromatic nitrogens is 1. The standard InChI is InChI=1S/C29H24N2O4S/c1-4-13-35-21-12-8-11-20(16-21)25-23(26(32)19-9-6-5-7-10-19)27(33)28(34)31(25)29-30-24-18(3)14-17(2)15-22(24)36-29/h4-12,14-16,25,32H,1,13H2,2-3H3/b26-23+. The van der Waals surface area contributed by atoms with E-state index in [-0.39, 0.29) is 11.3 Å². The number of aryl methyl sites for hydroxylation is 2. The molecule has 1 unspecified atom stereocenters. The highest BCUT2D eigenvalue weighted by molar-refractivity contribution is 7.22. The molecule has 1 aliphatic heterocycles. The number of benzene rings is 3. The molecule has 180 valence electrons. The van der Waals surface area contributed by atoms with Crippen molar-refractivity contribution in [2.45, 2.75) is 19.9 Å². The Morgan fingerprint density at radius 3 is 2.64 bits per heavy atom. The molecule has 7 heteroatoms. The molecule has 1 amide bonds. The minimum Gasteiger partial charge on any atom is -0.507 e. The molecule has 0 bridgehead atoms. The normalized spacial score (nSPS) is 17.1. The third-order valence-corrected chi connectivity index (χ3v) is 7.06. The van der Waals surface area contributed by atoms with Gasteiger partial charge in [0.15, 0.2) is 5.13 Å². The number of fused-ring (bicyclic) bond motifs is 1. The SMILES string of the molecule is C=CCOc1cccc(C2/C(=C(\O)c3ccccc3)C(=O)C(=O)N2c2nc3c(C)cc(C)cc3s2)c1. The number of nitrogens with zero attached hydrogens (tertiary/aromatic N) is 2. The average Bonchev–Trinajstić information content (AvgIpc) is 3.41. The Labute approximate surface area is 212 Å². The first kappa shape index (κ1) is 23.5. The second-order valence-corrected chi connectivity index (χ2v) is 9.64. The predicted molar refractivity (Wildman–Crippen MR) is 142 cm³/mol. The lowest BCUT2D eigenvalue weighted by atomic mass is 9.95. The van der Waals surface area contributed by atoms with Crippen LogP contribution in [0.5, 0.6) is 5.75 Å². The van der Waals surface area contributed by atoms with Crippen molar-refractivity contribution in [2.75, 3.05) is 11.5 Å². The van der Waals surface area contributed by atoms with Gasteiger partial charge >= 0.3 is 5.91 Å². The Balaban J connectivity index is 1.73. The van der Waals surface area contributed by atoms with E-state index in [0.29, 0.717) is 28.6 Å². The minimum atomic E-state index is -0.876. The fourth-order valence-corrected chi connectivity index (χ4v) is 5.66. The van der Waals surface area contributed by atoms with Crippen LogP contribution in [0.15, 0.2) is 85.0 Å². The van der Waals surface area contributed by atoms with Crippen molar-refractivity contribution in [1.82, 2.24) is 4.98 Å². The van der Waals surface area contributed by atoms with E-state index in [0.717, 1.165) is 21.3 Å². The summed E-state index contributed by atoms with van der Waals surface area (Å²) in [7, 11) is 0. The fraction of sp³-hybridized carbons (Fsp3) is 0.138. The molecule has 6 nitrogen and oxygen atoms in total. The molecule has 1 N–H and O–H groups in total. The molecule has 0 saturated carbocycles. The van der Waals surface area contributed by atoms with E-state index in [4.69, 9.17) is 9.72 Å². The third kappa shape index (κ3) is 4.07. The largest absolute Gasteiger partial charge is 0.507 e. The van der Waals surface area contributed by atoms with Crippen molar-refractivity contribution in [3.8, 4) is 5.75 Å². The van der Waals surface area contributed by atoms with Crippen LogP contribution in [-0.2, 0) is 9.59 Å². The van der Waals surface area contributed by atoms with E-state index in [2.05, 4.69) is 6.58 Å². The molecular weight excluding hydrogens is 472 g/mol. The van der Waals surface area contributed by atoms with Crippen LogP contribution in [0.2, 0.25) is 0 Å². The van der Waals surface area contributed by atoms with E-state index in [9.17, 15) is 14.7 Å². The first-order chi connectivity index (χ1) is 17.4. The maximum Gasteiger partial charge on any atom is 0.301 e. The van der Waals surface area contributed by atoms with Gasteiger partial charge in [0.1, 0.15) is 18.1 Å². The second kappa shape index (κ2) is 9.43. The molecule has 36 heavy (non-hydrogen) atoms. The number of anilines is 1. The summed E-state index contributed by atoms with van der Waals surface area (Å²) >= 11 is 1.35. The summed E-state index contributed by atoms with van der Waals surface area (Å²) in [6, 6.07) is 19.1. The molecular formula is C29H24N2O4S. The zero-order valence-electron chi connectivity index (χ0n) is 19.9. The predicted octanol–water partition coefficient (Wildman–Crippen LogP) is 6.10. The molecule has 1 aromatic heterocycles. The van der Waals surface area contributed by atoms with Crippen molar-refractivity contribution in [1.29, 1.82) is 0 Å². The van der Waals surface area contributed by atoms with Crippen LogP contribution in [-0.4, -0.2) is 28.4 Å². The van der Waals surface area contributed by atoms with Gasteiger partial charge in [-0.25, -0.2) is 4.98 Å². The third-order valence-electron chi connectivity index (χ3n) is 6.06. The highest BCUT2D eigenvalue weighted by Crippen LogP contribution is 2.45. The van der Waals surface area contributed by atoms with E-state index in [1.165, 1.54) is 16.2 Å². The lowest BCUT2D eigenvalue weighted by Gasteiger charge is -2.23. The number of Topliss-reactive ketones (excluding diaryl/α,β-unsaturated/α-hetero) is 1. The molecule has 0 aliphatic carbocycles. The van der Waals surface area contributed by atoms with Gasteiger partial charge in [-0.3, -0.25) is 14.5 Å². The van der Waals surface area contributed by atoms with Gasteiger partial charge in [-0.1, -0.05) is 72.5 Å². The number of ether oxygens (including phenoxy) is 1. The number of aliphatic hydroxyl groups excluding tert-OH is 1. The number of ketones is 1. The smallest absolute Gasteiger partial charge is 0.301 e. The summed E-state index contributed by atoms with van der Waals surface area (Å²) in [5, 5.41) is 11.7. The van der Waals surface area contributed by atoms with Crippen molar-refractivity contribution < 1.29 is 19.4 Å². The number of amides is 1. The van der Waals surface area contributed by atoms with Crippen LogP contribution in [0, 0.1) is 13.8 Å². The molecule has 3 aromatic carbocycles. The fourth-order valence-electron chi connectivity index (χ4n) is 4.49. The number of aliphatic hydroxyl groups is 1. The average molecular weight is 497 g/mol. The van der Waals surface area contributed by atoms with Gasteiger partial charge in [0.25, 0.3) is 5.78 Å². The Kier molecular flexibility index (Phi) is 6.16. The molecule has 4 aromatic rings. The van der Waals surface area contributed by atoms with Gasteiger partial charge in [-0.15, -0.1) is 0 Å². The topological polar surface area (TPSA) is 79.7 Å². The van der Waals surface area contributed by atoms with Crippen LogP contribution in [0.3, 0.4) is 0 Å². The maximum atomic E-state index is 13.5. The maximum absolute atomic E-state index is 13.5. The first-order valence-electron chi connectivity index (χ1n) is 11.5. The van der Waals surface area contributed by atoms with Gasteiger partial charge < -0.3 is 9.84 Å². The molecule has 1 saturated heterocycles. The zero-order valence-corrected chi connectivity index (χ0v) is 20.7. The molecule has 1 fully saturated rings. The Morgan fingerprint density at radius 2 is 1.89 bits per heavy atom. The molecule has 0 spiro atoms. The monoisotopic (exact) mass is 496 g/mol. The van der Waals surface area contributed by atoms with E-state index >= 15 is 0 Å². The summed E-state index contributed by atoms with van der Waals surface area (Å²) in [6.45, 7) is 7.97. The van der Waals surface area contributed by atoms with Gasteiger partial charge in [0.05, 0.1) is 21.8 Å². The summed E-state index contributed by atoms with van der Waals surface area (Å²) < 4.78 is 6.63. The number of hydrogen-bond donors (Lipinski definition) is 1. The van der Waals surface area contributed by atoms with Crippen LogP contribution in [0.25, 0.3) is 16.0 Å². The van der Waals surface area contributed by atoms with Gasteiger partial charge in [0.2, 0.25) is 0 Å². The number of hydrogen-bond acceptors (Lipinski definition) is 6. The summed E-state index contributed by atoms with van der Waals surface area (Å²) in [5.41, 5.74) is 3.96. The number of carbonyl (C=O) groups excluding carboxylic acids is 2.